The molecule has 0 atom stereocenters. The van der Waals surface area contributed by atoms with E-state index < -0.39 is 0 Å². The van der Waals surface area contributed by atoms with Gasteiger partial charge in [-0.25, -0.2) is 4.98 Å². The summed E-state index contributed by atoms with van der Waals surface area (Å²) in [7, 11) is 0. The summed E-state index contributed by atoms with van der Waals surface area (Å²) in [4.78, 5) is 8.96. The first-order chi connectivity index (χ1) is 15.2. The van der Waals surface area contributed by atoms with E-state index in [0.29, 0.717) is 29.8 Å². The van der Waals surface area contributed by atoms with Crippen molar-refractivity contribution >= 4 is 22.8 Å². The molecular weight excluding hydrogens is 396 g/mol. The standard InChI is InChI=1S/C21H24N8O2/c1-2-31-18-9-5-16(6-10-18)29-20-19(26-27-29)12-22-21(25-20)24-14-11-23-28(13-14)15-3-7-17(30)8-4-15/h5-6,9-13,15,17,30H,2-4,7-8H2,1H3,(H,22,24,25)/t15-,17+. The second kappa shape index (κ2) is 8.31. The lowest BCUT2D eigenvalue weighted by Gasteiger charge is -2.25. The van der Waals surface area contributed by atoms with Crippen molar-refractivity contribution in [2.45, 2.75) is 44.8 Å². The van der Waals surface area contributed by atoms with Crippen LogP contribution in [-0.4, -0.2) is 52.6 Å². The van der Waals surface area contributed by atoms with E-state index >= 15 is 0 Å². The van der Waals surface area contributed by atoms with Gasteiger partial charge in [-0.1, -0.05) is 5.21 Å². The molecule has 4 aromatic rings. The molecule has 0 amide bonds. The minimum atomic E-state index is -0.182. The third-order valence-electron chi connectivity index (χ3n) is 5.48. The number of hydrogen-bond donors (Lipinski definition) is 2. The van der Waals surface area contributed by atoms with Gasteiger partial charge in [0.15, 0.2) is 11.2 Å². The summed E-state index contributed by atoms with van der Waals surface area (Å²) < 4.78 is 9.13. The molecule has 10 nitrogen and oxygen atoms in total. The number of fused-ring (bicyclic) bond motifs is 1. The maximum atomic E-state index is 9.71. The summed E-state index contributed by atoms with van der Waals surface area (Å²) in [6.45, 7) is 2.57. The summed E-state index contributed by atoms with van der Waals surface area (Å²) in [5, 5.41) is 25.8. The molecule has 31 heavy (non-hydrogen) atoms. The van der Waals surface area contributed by atoms with Crippen molar-refractivity contribution in [3.05, 3.63) is 42.9 Å². The van der Waals surface area contributed by atoms with Gasteiger partial charge in [0, 0.05) is 6.20 Å². The SMILES string of the molecule is CCOc1ccc(-n2nnc3cnc(Nc4cnn([C@H]5CC[C@@H](O)CC5)c4)nc32)cc1. The fraction of sp³-hybridized carbons (Fsp3) is 0.381. The molecule has 0 spiro atoms. The van der Waals surface area contributed by atoms with Crippen molar-refractivity contribution in [1.82, 2.24) is 34.7 Å². The first kappa shape index (κ1) is 19.4. The third kappa shape index (κ3) is 4.06. The van der Waals surface area contributed by atoms with E-state index in [1.807, 2.05) is 42.1 Å². The van der Waals surface area contributed by atoms with Crippen LogP contribution in [0.1, 0.15) is 38.6 Å². The van der Waals surface area contributed by atoms with Crippen LogP contribution in [0.15, 0.2) is 42.9 Å². The number of nitrogens with one attached hydrogen (secondary N) is 1. The van der Waals surface area contributed by atoms with E-state index in [1.165, 1.54) is 0 Å². The first-order valence-corrected chi connectivity index (χ1v) is 10.5. The van der Waals surface area contributed by atoms with E-state index in [9.17, 15) is 5.11 Å². The number of rotatable bonds is 6. The van der Waals surface area contributed by atoms with E-state index in [1.54, 1.807) is 17.1 Å². The van der Waals surface area contributed by atoms with Crippen LogP contribution in [0.3, 0.4) is 0 Å². The Morgan fingerprint density at radius 2 is 1.94 bits per heavy atom. The molecule has 5 rings (SSSR count). The number of aliphatic hydroxyl groups is 1. The molecular formula is C21H24N8O2. The molecule has 0 aliphatic heterocycles. The van der Waals surface area contributed by atoms with Gasteiger partial charge in [0.25, 0.3) is 0 Å². The molecule has 1 aromatic carbocycles. The number of anilines is 2. The molecule has 3 aromatic heterocycles. The van der Waals surface area contributed by atoms with Crippen molar-refractivity contribution in [3.63, 3.8) is 0 Å². The largest absolute Gasteiger partial charge is 0.494 e. The Bertz CT molecular complexity index is 1160. The minimum Gasteiger partial charge on any atom is -0.494 e. The van der Waals surface area contributed by atoms with Crippen LogP contribution in [0.2, 0.25) is 0 Å². The Balaban J connectivity index is 1.36. The number of aromatic nitrogens is 7. The molecule has 1 aliphatic rings. The number of nitrogens with zero attached hydrogens (tertiary/aromatic N) is 7. The van der Waals surface area contributed by atoms with Crippen LogP contribution >= 0.6 is 0 Å². The van der Waals surface area contributed by atoms with Gasteiger partial charge in [-0.2, -0.15) is 14.8 Å². The van der Waals surface area contributed by atoms with Crippen LogP contribution in [0.25, 0.3) is 16.9 Å². The van der Waals surface area contributed by atoms with Gasteiger partial charge in [0.05, 0.1) is 42.5 Å². The van der Waals surface area contributed by atoms with Crippen molar-refractivity contribution in [2.24, 2.45) is 0 Å². The first-order valence-electron chi connectivity index (χ1n) is 10.5. The zero-order valence-electron chi connectivity index (χ0n) is 17.2. The van der Waals surface area contributed by atoms with E-state index in [4.69, 9.17) is 4.74 Å². The second-order valence-corrected chi connectivity index (χ2v) is 7.63. The van der Waals surface area contributed by atoms with Gasteiger partial charge >= 0.3 is 0 Å². The smallest absolute Gasteiger partial charge is 0.229 e. The summed E-state index contributed by atoms with van der Waals surface area (Å²) in [5.74, 6) is 1.25. The molecule has 0 saturated heterocycles. The highest BCUT2D eigenvalue weighted by Crippen LogP contribution is 2.29. The van der Waals surface area contributed by atoms with Gasteiger partial charge in [0.1, 0.15) is 5.75 Å². The van der Waals surface area contributed by atoms with Gasteiger partial charge < -0.3 is 15.2 Å². The summed E-state index contributed by atoms with van der Waals surface area (Å²) in [5.41, 5.74) is 2.86. The van der Waals surface area contributed by atoms with Crippen LogP contribution in [0.4, 0.5) is 11.6 Å². The molecule has 2 N–H and O–H groups in total. The quantitative estimate of drug-likeness (QED) is 0.489. The minimum absolute atomic E-state index is 0.182. The van der Waals surface area contributed by atoms with Gasteiger partial charge in [0.2, 0.25) is 5.95 Å². The van der Waals surface area contributed by atoms with Crippen molar-refractivity contribution < 1.29 is 9.84 Å². The lowest BCUT2D eigenvalue weighted by atomic mass is 9.93. The topological polar surface area (TPSA) is 116 Å². The molecule has 1 saturated carbocycles. The highest BCUT2D eigenvalue weighted by Gasteiger charge is 2.21. The summed E-state index contributed by atoms with van der Waals surface area (Å²) in [6, 6.07) is 7.93. The summed E-state index contributed by atoms with van der Waals surface area (Å²) >= 11 is 0. The molecule has 10 heteroatoms. The number of ether oxygens (including phenoxy) is 1. The monoisotopic (exact) mass is 420 g/mol. The third-order valence-corrected chi connectivity index (χ3v) is 5.48. The van der Waals surface area contributed by atoms with Crippen LogP contribution in [0.5, 0.6) is 5.75 Å². The lowest BCUT2D eigenvalue weighted by Crippen LogP contribution is -2.21. The fourth-order valence-electron chi connectivity index (χ4n) is 3.87. The van der Waals surface area contributed by atoms with Gasteiger partial charge in [-0.15, -0.1) is 5.10 Å². The number of benzene rings is 1. The van der Waals surface area contributed by atoms with Crippen molar-refractivity contribution in [1.29, 1.82) is 0 Å². The predicted octanol–water partition coefficient (Wildman–Crippen LogP) is 3.03. The van der Waals surface area contributed by atoms with Crippen molar-refractivity contribution in [2.75, 3.05) is 11.9 Å². The Hall–Kier alpha value is -3.53. The molecule has 3 heterocycles. The molecule has 0 unspecified atom stereocenters. The Labute approximate surface area is 178 Å². The second-order valence-electron chi connectivity index (χ2n) is 7.63. The normalized spacial score (nSPS) is 18.9. The van der Waals surface area contributed by atoms with Crippen molar-refractivity contribution in [3.8, 4) is 11.4 Å². The zero-order chi connectivity index (χ0) is 21.2. The molecule has 0 radical (unpaired) electrons. The summed E-state index contributed by atoms with van der Waals surface area (Å²) in [6.07, 6.45) is 8.67. The predicted molar refractivity (Wildman–Crippen MR) is 115 cm³/mol. The Morgan fingerprint density at radius 3 is 2.71 bits per heavy atom. The average molecular weight is 420 g/mol. The van der Waals surface area contributed by atoms with E-state index in [0.717, 1.165) is 42.8 Å². The van der Waals surface area contributed by atoms with Gasteiger partial charge in [-0.3, -0.25) is 4.68 Å². The van der Waals surface area contributed by atoms with E-state index in [2.05, 4.69) is 30.7 Å². The fourth-order valence-corrected chi connectivity index (χ4v) is 3.87. The lowest BCUT2D eigenvalue weighted by molar-refractivity contribution is 0.108. The Kier molecular flexibility index (Phi) is 5.21. The number of hydrogen-bond acceptors (Lipinski definition) is 8. The highest BCUT2D eigenvalue weighted by molar-refractivity contribution is 5.72. The Morgan fingerprint density at radius 1 is 1.13 bits per heavy atom. The van der Waals surface area contributed by atoms with Crippen LogP contribution in [0, 0.1) is 0 Å². The van der Waals surface area contributed by atoms with E-state index in [-0.39, 0.29) is 6.10 Å². The maximum Gasteiger partial charge on any atom is 0.229 e. The number of aliphatic hydroxyl groups excluding tert-OH is 1. The maximum absolute atomic E-state index is 9.71. The average Bonchev–Trinajstić information content (AvgIpc) is 3.42. The van der Waals surface area contributed by atoms with Crippen LogP contribution in [-0.2, 0) is 0 Å². The zero-order valence-corrected chi connectivity index (χ0v) is 17.2. The highest BCUT2D eigenvalue weighted by atomic mass is 16.5. The molecule has 160 valence electrons. The van der Waals surface area contributed by atoms with Crippen LogP contribution < -0.4 is 10.1 Å². The molecule has 1 fully saturated rings. The van der Waals surface area contributed by atoms with Gasteiger partial charge in [-0.05, 0) is 56.9 Å². The molecule has 1 aliphatic carbocycles. The molecule has 0 bridgehead atoms.